The van der Waals surface area contributed by atoms with E-state index in [9.17, 15) is 5.11 Å². The molecule has 0 spiro atoms. The Kier molecular flexibility index (Phi) is 2.75. The molecule has 1 aromatic heterocycles. The predicted octanol–water partition coefficient (Wildman–Crippen LogP) is 4.65. The predicted molar refractivity (Wildman–Crippen MR) is 67.6 cm³/mol. The third kappa shape index (κ3) is 1.61. The van der Waals surface area contributed by atoms with Gasteiger partial charge < -0.3 is 9.52 Å². The van der Waals surface area contributed by atoms with Crippen LogP contribution >= 0.6 is 11.6 Å². The minimum atomic E-state index is -0.0969. The summed E-state index contributed by atoms with van der Waals surface area (Å²) in [6.45, 7) is 5.37. The summed E-state index contributed by atoms with van der Waals surface area (Å²) in [5.74, 6) is 0.265. The first-order valence-corrected chi connectivity index (χ1v) is 5.25. The Bertz CT molecular complexity index is 579. The monoisotopic (exact) mass is 234 g/mol. The highest BCUT2D eigenvalue weighted by molar-refractivity contribution is 6.35. The average molecular weight is 235 g/mol. The standard InChI is InChI=1S/C13H11ClO2/c1-3-5-9-10-6-4-7-11(14)13(10)16-12(9)8(2)15/h3-7,15H,2H2,1H3/b5-3-. The van der Waals surface area contributed by atoms with Crippen LogP contribution in [0.1, 0.15) is 18.2 Å². The minimum Gasteiger partial charge on any atom is -0.505 e. The largest absolute Gasteiger partial charge is 0.505 e. The van der Waals surface area contributed by atoms with Gasteiger partial charge in [-0.25, -0.2) is 0 Å². The van der Waals surface area contributed by atoms with Gasteiger partial charge in [0.05, 0.1) is 5.02 Å². The maximum Gasteiger partial charge on any atom is 0.176 e. The molecular formula is C13H11ClO2. The van der Waals surface area contributed by atoms with Crippen molar-refractivity contribution in [1.82, 2.24) is 0 Å². The van der Waals surface area contributed by atoms with Crippen LogP contribution in [0.25, 0.3) is 22.8 Å². The molecule has 3 heteroatoms. The Morgan fingerprint density at radius 1 is 1.50 bits per heavy atom. The van der Waals surface area contributed by atoms with Crippen LogP contribution in [0, 0.1) is 0 Å². The highest BCUT2D eigenvalue weighted by atomic mass is 35.5. The zero-order valence-electron chi connectivity index (χ0n) is 8.83. The van der Waals surface area contributed by atoms with Crippen molar-refractivity contribution in [2.45, 2.75) is 6.92 Å². The van der Waals surface area contributed by atoms with E-state index in [1.165, 1.54) is 0 Å². The third-order valence-corrected chi connectivity index (χ3v) is 2.60. The van der Waals surface area contributed by atoms with Crippen molar-refractivity contribution in [3.8, 4) is 0 Å². The number of fused-ring (bicyclic) bond motifs is 1. The molecule has 0 bridgehead atoms. The fourth-order valence-corrected chi connectivity index (χ4v) is 1.86. The highest BCUT2D eigenvalue weighted by Crippen LogP contribution is 2.34. The Morgan fingerprint density at radius 2 is 2.25 bits per heavy atom. The SMILES string of the molecule is C=C(O)c1oc2c(Cl)cccc2c1/C=C\C. The number of para-hydroxylation sites is 1. The normalized spacial score (nSPS) is 11.4. The second kappa shape index (κ2) is 4.06. The van der Waals surface area contributed by atoms with Crippen LogP contribution in [0.15, 0.2) is 35.3 Å². The van der Waals surface area contributed by atoms with Gasteiger partial charge in [0.2, 0.25) is 0 Å². The van der Waals surface area contributed by atoms with Gasteiger partial charge in [-0.2, -0.15) is 0 Å². The summed E-state index contributed by atoms with van der Waals surface area (Å²) in [6.07, 6.45) is 3.73. The van der Waals surface area contributed by atoms with E-state index in [0.29, 0.717) is 16.4 Å². The second-order valence-corrected chi connectivity index (χ2v) is 3.82. The minimum absolute atomic E-state index is 0.0969. The maximum absolute atomic E-state index is 9.46. The first-order valence-electron chi connectivity index (χ1n) is 4.87. The first-order chi connectivity index (χ1) is 7.65. The van der Waals surface area contributed by atoms with Gasteiger partial charge in [-0.3, -0.25) is 0 Å². The number of hydrogen-bond acceptors (Lipinski definition) is 2. The summed E-state index contributed by atoms with van der Waals surface area (Å²) in [7, 11) is 0. The lowest BCUT2D eigenvalue weighted by Crippen LogP contribution is -1.79. The van der Waals surface area contributed by atoms with E-state index in [4.69, 9.17) is 16.0 Å². The van der Waals surface area contributed by atoms with E-state index in [2.05, 4.69) is 6.58 Å². The summed E-state index contributed by atoms with van der Waals surface area (Å²) >= 11 is 6.02. The highest BCUT2D eigenvalue weighted by Gasteiger charge is 2.15. The maximum atomic E-state index is 9.46. The molecule has 0 radical (unpaired) electrons. The Morgan fingerprint density at radius 3 is 2.88 bits per heavy atom. The molecule has 2 nitrogen and oxygen atoms in total. The molecule has 0 aliphatic carbocycles. The van der Waals surface area contributed by atoms with Crippen molar-refractivity contribution in [2.24, 2.45) is 0 Å². The molecule has 16 heavy (non-hydrogen) atoms. The van der Waals surface area contributed by atoms with Gasteiger partial charge in [0.15, 0.2) is 17.1 Å². The molecule has 1 heterocycles. The zero-order valence-corrected chi connectivity index (χ0v) is 9.58. The third-order valence-electron chi connectivity index (χ3n) is 2.30. The topological polar surface area (TPSA) is 33.4 Å². The number of allylic oxidation sites excluding steroid dienone is 1. The number of aliphatic hydroxyl groups is 1. The van der Waals surface area contributed by atoms with E-state index in [1.54, 1.807) is 6.07 Å². The average Bonchev–Trinajstić information content (AvgIpc) is 2.60. The molecule has 2 rings (SSSR count). The number of hydrogen-bond donors (Lipinski definition) is 1. The van der Waals surface area contributed by atoms with E-state index in [1.807, 2.05) is 31.2 Å². The van der Waals surface area contributed by atoms with Crippen molar-refractivity contribution in [3.05, 3.63) is 47.2 Å². The molecule has 1 aromatic carbocycles. The molecule has 2 aromatic rings. The Hall–Kier alpha value is -1.67. The number of benzene rings is 1. The lowest BCUT2D eigenvalue weighted by Gasteiger charge is -1.94. The quantitative estimate of drug-likeness (QED) is 0.768. The van der Waals surface area contributed by atoms with Crippen LogP contribution in [-0.2, 0) is 0 Å². The number of aliphatic hydroxyl groups excluding tert-OH is 1. The summed E-state index contributed by atoms with van der Waals surface area (Å²) in [5, 5.41) is 10.9. The van der Waals surface area contributed by atoms with Crippen molar-refractivity contribution in [2.75, 3.05) is 0 Å². The molecule has 0 amide bonds. The van der Waals surface area contributed by atoms with Crippen molar-refractivity contribution >= 4 is 34.4 Å². The first kappa shape index (κ1) is 10.8. The van der Waals surface area contributed by atoms with Crippen molar-refractivity contribution in [3.63, 3.8) is 0 Å². The molecule has 0 aliphatic heterocycles. The van der Waals surface area contributed by atoms with E-state index in [-0.39, 0.29) is 5.76 Å². The van der Waals surface area contributed by atoms with Gasteiger partial charge >= 0.3 is 0 Å². The molecule has 0 saturated carbocycles. The number of halogens is 1. The molecule has 0 saturated heterocycles. The van der Waals surface area contributed by atoms with Gasteiger partial charge in [0.25, 0.3) is 0 Å². The zero-order chi connectivity index (χ0) is 11.7. The lowest BCUT2D eigenvalue weighted by atomic mass is 10.1. The second-order valence-electron chi connectivity index (χ2n) is 3.41. The van der Waals surface area contributed by atoms with Crippen LogP contribution in [0.3, 0.4) is 0 Å². The Balaban J connectivity index is 2.86. The number of rotatable bonds is 2. The molecule has 0 atom stereocenters. The fourth-order valence-electron chi connectivity index (χ4n) is 1.65. The van der Waals surface area contributed by atoms with Gasteiger partial charge in [0, 0.05) is 10.9 Å². The Labute approximate surface area is 98.5 Å². The van der Waals surface area contributed by atoms with Crippen LogP contribution in [0.4, 0.5) is 0 Å². The van der Waals surface area contributed by atoms with Crippen LogP contribution < -0.4 is 0 Å². The van der Waals surface area contributed by atoms with Gasteiger partial charge in [0.1, 0.15) is 0 Å². The molecular weight excluding hydrogens is 224 g/mol. The molecule has 0 unspecified atom stereocenters. The summed E-state index contributed by atoms with van der Waals surface area (Å²) in [4.78, 5) is 0. The summed E-state index contributed by atoms with van der Waals surface area (Å²) in [6, 6.07) is 5.49. The molecule has 1 N–H and O–H groups in total. The fraction of sp³-hybridized carbons (Fsp3) is 0.0769. The molecule has 0 fully saturated rings. The van der Waals surface area contributed by atoms with Crippen LogP contribution in [0.2, 0.25) is 5.02 Å². The smallest absolute Gasteiger partial charge is 0.176 e. The summed E-state index contributed by atoms with van der Waals surface area (Å²) < 4.78 is 5.51. The van der Waals surface area contributed by atoms with E-state index >= 15 is 0 Å². The van der Waals surface area contributed by atoms with Crippen molar-refractivity contribution in [1.29, 1.82) is 0 Å². The van der Waals surface area contributed by atoms with E-state index < -0.39 is 0 Å². The molecule has 0 aliphatic rings. The number of furan rings is 1. The van der Waals surface area contributed by atoms with E-state index in [0.717, 1.165) is 10.9 Å². The van der Waals surface area contributed by atoms with Crippen LogP contribution in [0.5, 0.6) is 0 Å². The lowest BCUT2D eigenvalue weighted by molar-refractivity contribution is 0.473. The van der Waals surface area contributed by atoms with Gasteiger partial charge in [-0.15, -0.1) is 0 Å². The van der Waals surface area contributed by atoms with Crippen molar-refractivity contribution < 1.29 is 9.52 Å². The van der Waals surface area contributed by atoms with Gasteiger partial charge in [-0.1, -0.05) is 42.5 Å². The summed E-state index contributed by atoms with van der Waals surface area (Å²) in [5.41, 5.74) is 1.37. The van der Waals surface area contributed by atoms with Crippen LogP contribution in [-0.4, -0.2) is 5.11 Å². The molecule has 82 valence electrons. The van der Waals surface area contributed by atoms with Gasteiger partial charge in [-0.05, 0) is 13.0 Å².